The summed E-state index contributed by atoms with van der Waals surface area (Å²) in [5.74, 6) is -0.178. The van der Waals surface area contributed by atoms with Crippen molar-refractivity contribution >= 4 is 28.4 Å². The lowest BCUT2D eigenvalue weighted by atomic mass is 10.2. The molecule has 0 amide bonds. The number of hydrogen-bond donors (Lipinski definition) is 1. The number of halogens is 3. The van der Waals surface area contributed by atoms with Crippen LogP contribution in [-0.4, -0.2) is 43.1 Å². The van der Waals surface area contributed by atoms with Crippen LogP contribution in [0, 0.1) is 6.92 Å². The fourth-order valence-corrected chi connectivity index (χ4v) is 3.95. The summed E-state index contributed by atoms with van der Waals surface area (Å²) in [6.45, 7) is -0.359. The molecule has 1 aromatic carbocycles. The van der Waals surface area contributed by atoms with Gasteiger partial charge in [-0.05, 0) is 25.1 Å². The van der Waals surface area contributed by atoms with Crippen molar-refractivity contribution in [2.45, 2.75) is 30.7 Å². The molecule has 2 heterocycles. The number of carbonyl (C=O) groups is 1. The highest BCUT2D eigenvalue weighted by Gasteiger charge is 2.29. The van der Waals surface area contributed by atoms with E-state index in [1.807, 2.05) is 0 Å². The minimum atomic E-state index is -4.49. The first-order valence-corrected chi connectivity index (χ1v) is 9.81. The molecule has 0 fully saturated rings. The monoisotopic (exact) mass is 443 g/mol. The van der Waals surface area contributed by atoms with E-state index in [4.69, 9.17) is 9.84 Å². The summed E-state index contributed by atoms with van der Waals surface area (Å²) >= 11 is -1.79. The van der Waals surface area contributed by atoms with Gasteiger partial charge in [0.25, 0.3) is 0 Å². The van der Waals surface area contributed by atoms with Crippen LogP contribution in [0.3, 0.4) is 0 Å². The summed E-state index contributed by atoms with van der Waals surface area (Å²) < 4.78 is 61.0. The highest BCUT2D eigenvalue weighted by Crippen LogP contribution is 2.27. The average molecular weight is 443 g/mol. The molecule has 3 aromatic rings. The number of carboxylic acid groups (broad SMARTS) is 1. The molecule has 1 atom stereocenters. The van der Waals surface area contributed by atoms with E-state index in [1.54, 1.807) is 24.3 Å². The van der Waals surface area contributed by atoms with E-state index in [0.717, 1.165) is 0 Å². The maximum atomic E-state index is 13.0. The van der Waals surface area contributed by atoms with E-state index in [-0.39, 0.29) is 22.4 Å². The Hall–Kier alpha value is -2.99. The van der Waals surface area contributed by atoms with Crippen LogP contribution in [0.5, 0.6) is 5.75 Å². The lowest BCUT2D eigenvalue weighted by molar-refractivity contribution is -0.153. The number of ether oxygens (including phenoxy) is 2. The fraction of sp³-hybridized carbons (Fsp3) is 0.278. The van der Waals surface area contributed by atoms with Crippen molar-refractivity contribution in [1.29, 1.82) is 0 Å². The minimum absolute atomic E-state index is 0.0166. The van der Waals surface area contributed by atoms with Gasteiger partial charge in [-0.2, -0.15) is 18.2 Å². The Kier molecular flexibility index (Phi) is 6.37. The molecular formula is C18H16F3N3O5S. The van der Waals surface area contributed by atoms with Gasteiger partial charge < -0.3 is 19.1 Å². The second-order valence-electron chi connectivity index (χ2n) is 6.12. The number of rotatable bonds is 7. The third kappa shape index (κ3) is 5.13. The first kappa shape index (κ1) is 21.7. The number of nitrogens with zero attached hydrogens (tertiary/aromatic N) is 3. The summed E-state index contributed by atoms with van der Waals surface area (Å²) in [4.78, 5) is 19.2. The van der Waals surface area contributed by atoms with E-state index in [2.05, 4.69) is 14.7 Å². The lowest BCUT2D eigenvalue weighted by Crippen LogP contribution is -2.20. The molecule has 0 bridgehead atoms. The van der Waals surface area contributed by atoms with Crippen LogP contribution in [0.2, 0.25) is 0 Å². The van der Waals surface area contributed by atoms with Gasteiger partial charge in [0.2, 0.25) is 0 Å². The van der Waals surface area contributed by atoms with Gasteiger partial charge in [-0.3, -0.25) is 4.98 Å². The van der Waals surface area contributed by atoms with Crippen LogP contribution in [-0.2, 0) is 28.4 Å². The summed E-state index contributed by atoms with van der Waals surface area (Å²) in [6, 6.07) is 8.06. The van der Waals surface area contributed by atoms with Crippen LogP contribution < -0.4 is 4.74 Å². The van der Waals surface area contributed by atoms with Crippen molar-refractivity contribution in [1.82, 2.24) is 14.5 Å². The maximum Gasteiger partial charge on any atom is 0.507 e. The molecule has 0 aliphatic heterocycles. The Morgan fingerprint density at radius 1 is 1.30 bits per heavy atom. The van der Waals surface area contributed by atoms with Gasteiger partial charge in [-0.25, -0.2) is 9.36 Å². The zero-order chi connectivity index (χ0) is 21.9. The Morgan fingerprint density at radius 3 is 2.73 bits per heavy atom. The standard InChI is InChI=1S/C18H16F3N3O5S/c1-11-13(22-7-6-15(11)28-9-18(19,20)21)8-30(27)16-23-12-4-2-3-5-14(12)24(16)10-29-17(25)26/h2-7H,8-10H2,1H3,(H,25,26)/t30-/m1/s1. The number of hydrogen-bond acceptors (Lipinski definition) is 6. The van der Waals surface area contributed by atoms with Crippen LogP contribution in [0.25, 0.3) is 11.0 Å². The normalized spacial score (nSPS) is 12.7. The summed E-state index contributed by atoms with van der Waals surface area (Å²) in [5, 5.41) is 8.84. The fourth-order valence-electron chi connectivity index (χ4n) is 2.68. The summed E-state index contributed by atoms with van der Waals surface area (Å²) in [6.07, 6.45) is -4.73. The second kappa shape index (κ2) is 8.79. The van der Waals surface area contributed by atoms with E-state index < -0.39 is 36.8 Å². The number of aromatic nitrogens is 3. The first-order valence-electron chi connectivity index (χ1n) is 8.49. The van der Waals surface area contributed by atoms with Gasteiger partial charge in [0.1, 0.15) is 5.75 Å². The summed E-state index contributed by atoms with van der Waals surface area (Å²) in [5.41, 5.74) is 1.60. The van der Waals surface area contributed by atoms with Crippen molar-refractivity contribution < 1.29 is 37.1 Å². The molecule has 0 saturated carbocycles. The SMILES string of the molecule is Cc1c(OCC(F)(F)F)ccnc1C[S@@+]([O-])c1nc2ccccc2n1COC(=O)O. The molecule has 8 nitrogen and oxygen atoms in total. The van der Waals surface area contributed by atoms with Crippen LogP contribution >= 0.6 is 0 Å². The predicted molar refractivity (Wildman–Crippen MR) is 99.5 cm³/mol. The lowest BCUT2D eigenvalue weighted by Gasteiger charge is -2.15. The second-order valence-corrected chi connectivity index (χ2v) is 7.47. The highest BCUT2D eigenvalue weighted by molar-refractivity contribution is 7.90. The van der Waals surface area contributed by atoms with Crippen LogP contribution in [0.1, 0.15) is 11.3 Å². The van der Waals surface area contributed by atoms with Crippen molar-refractivity contribution in [2.75, 3.05) is 6.61 Å². The number of alkyl halides is 3. The number of para-hydroxylation sites is 2. The van der Waals surface area contributed by atoms with Crippen molar-refractivity contribution in [2.24, 2.45) is 0 Å². The Balaban J connectivity index is 1.87. The molecule has 12 heteroatoms. The summed E-state index contributed by atoms with van der Waals surface area (Å²) in [7, 11) is 0. The molecule has 0 spiro atoms. The zero-order valence-electron chi connectivity index (χ0n) is 15.5. The van der Waals surface area contributed by atoms with Gasteiger partial charge in [-0.1, -0.05) is 12.1 Å². The van der Waals surface area contributed by atoms with E-state index >= 15 is 0 Å². The first-order chi connectivity index (χ1) is 14.2. The number of imidazole rings is 1. The van der Waals surface area contributed by atoms with E-state index in [9.17, 15) is 22.5 Å². The van der Waals surface area contributed by atoms with Crippen molar-refractivity contribution in [3.63, 3.8) is 0 Å². The number of pyridine rings is 1. The molecule has 2 aromatic heterocycles. The molecule has 3 rings (SSSR count). The Bertz CT molecular complexity index is 1060. The van der Waals surface area contributed by atoms with Gasteiger partial charge in [0.15, 0.2) is 19.1 Å². The van der Waals surface area contributed by atoms with E-state index in [1.165, 1.54) is 23.8 Å². The molecular weight excluding hydrogens is 427 g/mol. The topological polar surface area (TPSA) is 110 Å². The molecule has 0 saturated heterocycles. The van der Waals surface area contributed by atoms with Crippen molar-refractivity contribution in [3.8, 4) is 5.75 Å². The van der Waals surface area contributed by atoms with Gasteiger partial charge >= 0.3 is 17.5 Å². The van der Waals surface area contributed by atoms with Gasteiger partial charge in [0.05, 0.1) is 16.7 Å². The van der Waals surface area contributed by atoms with Crippen LogP contribution in [0.4, 0.5) is 18.0 Å². The van der Waals surface area contributed by atoms with Gasteiger partial charge in [0, 0.05) is 22.9 Å². The Morgan fingerprint density at radius 2 is 2.03 bits per heavy atom. The average Bonchev–Trinajstić information content (AvgIpc) is 3.05. The number of benzene rings is 1. The molecule has 1 N–H and O–H groups in total. The molecule has 160 valence electrons. The largest absolute Gasteiger partial charge is 0.609 e. The molecule has 0 aliphatic carbocycles. The highest BCUT2D eigenvalue weighted by atomic mass is 32.2. The molecule has 0 radical (unpaired) electrons. The van der Waals surface area contributed by atoms with E-state index in [0.29, 0.717) is 16.6 Å². The smallest absolute Gasteiger partial charge is 0.507 e. The quantitative estimate of drug-likeness (QED) is 0.439. The van der Waals surface area contributed by atoms with Crippen molar-refractivity contribution in [3.05, 3.63) is 47.8 Å². The predicted octanol–water partition coefficient (Wildman–Crippen LogP) is 3.64. The third-order valence-corrected chi connectivity index (χ3v) is 5.31. The Labute approximate surface area is 171 Å². The zero-order valence-corrected chi connectivity index (χ0v) is 16.4. The number of fused-ring (bicyclic) bond motifs is 1. The van der Waals surface area contributed by atoms with Gasteiger partial charge in [-0.15, -0.1) is 0 Å². The molecule has 0 aliphatic rings. The van der Waals surface area contributed by atoms with Crippen LogP contribution in [0.15, 0.2) is 41.7 Å². The molecule has 30 heavy (non-hydrogen) atoms. The minimum Gasteiger partial charge on any atom is -0.609 e. The maximum absolute atomic E-state index is 13.0. The third-order valence-electron chi connectivity index (χ3n) is 4.06. The molecule has 0 unspecified atom stereocenters.